The number of benzene rings is 6. The van der Waals surface area contributed by atoms with E-state index in [1.807, 2.05) is 0 Å². The number of rotatable bonds is 5. The molecule has 0 aliphatic heterocycles. The fraction of sp³-hybridized carbons (Fsp3) is 0.0500. The summed E-state index contributed by atoms with van der Waals surface area (Å²) < 4.78 is 0. The highest BCUT2D eigenvalue weighted by Gasteiger charge is 2.17. The molecule has 0 heterocycles. The number of allylic oxidation sites excluding steroid dienone is 6. The van der Waals surface area contributed by atoms with Crippen LogP contribution in [0.3, 0.4) is 0 Å². The Morgan fingerprint density at radius 2 is 1.32 bits per heavy atom. The first kappa shape index (κ1) is 24.9. The van der Waals surface area contributed by atoms with Gasteiger partial charge >= 0.3 is 0 Å². The lowest BCUT2D eigenvalue weighted by Gasteiger charge is -2.18. The Kier molecular flexibility index (Phi) is 6.55. The molecule has 1 heteroatoms. The lowest BCUT2D eigenvalue weighted by Crippen LogP contribution is -1.95. The summed E-state index contributed by atoms with van der Waals surface area (Å²) in [6.07, 6.45) is 14.8. The van der Waals surface area contributed by atoms with Crippen LogP contribution in [0.1, 0.15) is 23.1 Å². The van der Waals surface area contributed by atoms with E-state index in [2.05, 4.69) is 146 Å². The molecule has 2 N–H and O–H groups in total. The van der Waals surface area contributed by atoms with Crippen molar-refractivity contribution in [3.05, 3.63) is 168 Å². The molecule has 0 fully saturated rings. The van der Waals surface area contributed by atoms with E-state index in [1.54, 1.807) is 6.20 Å². The van der Waals surface area contributed by atoms with Crippen LogP contribution in [-0.4, -0.2) is 0 Å². The average Bonchev–Trinajstić information content (AvgIpc) is 3.24. The molecule has 0 saturated heterocycles. The highest BCUT2D eigenvalue weighted by atomic mass is 14.5. The van der Waals surface area contributed by atoms with E-state index >= 15 is 0 Å². The van der Waals surface area contributed by atoms with Crippen molar-refractivity contribution in [2.45, 2.75) is 12.8 Å². The summed E-state index contributed by atoms with van der Waals surface area (Å²) >= 11 is 0. The first-order valence-electron chi connectivity index (χ1n) is 14.3. The number of fused-ring (bicyclic) bond motifs is 4. The van der Waals surface area contributed by atoms with Crippen molar-refractivity contribution >= 4 is 44.0 Å². The number of nitrogens with two attached hydrogens (primary N) is 1. The van der Waals surface area contributed by atoms with Gasteiger partial charge in [-0.15, -0.1) is 0 Å². The van der Waals surface area contributed by atoms with Gasteiger partial charge in [0.15, 0.2) is 0 Å². The van der Waals surface area contributed by atoms with Gasteiger partial charge in [-0.25, -0.2) is 0 Å². The van der Waals surface area contributed by atoms with Crippen molar-refractivity contribution in [3.63, 3.8) is 0 Å². The van der Waals surface area contributed by atoms with Crippen LogP contribution in [-0.2, 0) is 6.42 Å². The second-order valence-corrected chi connectivity index (χ2v) is 10.6. The Labute approximate surface area is 241 Å². The van der Waals surface area contributed by atoms with Crippen LogP contribution in [0.25, 0.3) is 55.1 Å². The van der Waals surface area contributed by atoms with Crippen LogP contribution in [0.15, 0.2) is 151 Å². The largest absolute Gasteiger partial charge is 0.404 e. The van der Waals surface area contributed by atoms with Crippen LogP contribution >= 0.6 is 0 Å². The third-order valence-electron chi connectivity index (χ3n) is 8.21. The minimum atomic E-state index is 0.854. The highest BCUT2D eigenvalue weighted by molar-refractivity contribution is 6.19. The first-order valence-corrected chi connectivity index (χ1v) is 14.3. The quantitative estimate of drug-likeness (QED) is 0.176. The smallest absolute Gasteiger partial charge is 0.00179 e. The van der Waals surface area contributed by atoms with Gasteiger partial charge in [0.1, 0.15) is 0 Å². The van der Waals surface area contributed by atoms with E-state index in [1.165, 1.54) is 65.7 Å². The van der Waals surface area contributed by atoms with Crippen molar-refractivity contribution in [1.82, 2.24) is 0 Å². The van der Waals surface area contributed by atoms with E-state index in [4.69, 9.17) is 5.73 Å². The molecule has 6 aromatic carbocycles. The van der Waals surface area contributed by atoms with Gasteiger partial charge in [0.2, 0.25) is 0 Å². The molecule has 0 amide bonds. The van der Waals surface area contributed by atoms with Gasteiger partial charge in [-0.3, -0.25) is 0 Å². The molecule has 0 unspecified atom stereocenters. The van der Waals surface area contributed by atoms with Crippen LogP contribution < -0.4 is 5.73 Å². The molecule has 196 valence electrons. The summed E-state index contributed by atoms with van der Waals surface area (Å²) in [6.45, 7) is 0. The van der Waals surface area contributed by atoms with Gasteiger partial charge in [0.05, 0.1) is 0 Å². The van der Waals surface area contributed by atoms with Crippen molar-refractivity contribution in [3.8, 4) is 11.1 Å². The third kappa shape index (κ3) is 4.66. The van der Waals surface area contributed by atoms with Crippen LogP contribution in [0.2, 0.25) is 0 Å². The fourth-order valence-corrected chi connectivity index (χ4v) is 6.18. The minimum Gasteiger partial charge on any atom is -0.404 e. The first-order chi connectivity index (χ1) is 20.3. The average molecular weight is 526 g/mol. The van der Waals surface area contributed by atoms with Crippen molar-refractivity contribution in [2.75, 3.05) is 0 Å². The lowest BCUT2D eigenvalue weighted by molar-refractivity contribution is 1.20. The topological polar surface area (TPSA) is 26.0 Å². The zero-order valence-electron chi connectivity index (χ0n) is 22.9. The third-order valence-corrected chi connectivity index (χ3v) is 8.21. The van der Waals surface area contributed by atoms with Gasteiger partial charge in [0.25, 0.3) is 0 Å². The Bertz CT molecular complexity index is 1990. The molecule has 0 saturated carbocycles. The van der Waals surface area contributed by atoms with Crippen molar-refractivity contribution in [1.29, 1.82) is 0 Å². The molecule has 1 aliphatic rings. The molecule has 0 radical (unpaired) electrons. The molecule has 0 aromatic heterocycles. The molecular weight excluding hydrogens is 494 g/mol. The Balaban J connectivity index is 1.32. The van der Waals surface area contributed by atoms with E-state index in [0.717, 1.165) is 18.4 Å². The zero-order chi connectivity index (χ0) is 27.6. The lowest BCUT2D eigenvalue weighted by atomic mass is 9.85. The maximum Gasteiger partial charge on any atom is 0.00179 e. The normalized spacial score (nSPS) is 13.6. The Morgan fingerprint density at radius 1 is 0.659 bits per heavy atom. The van der Waals surface area contributed by atoms with Gasteiger partial charge < -0.3 is 5.73 Å². The van der Waals surface area contributed by atoms with Crippen LogP contribution in [0.4, 0.5) is 0 Å². The maximum absolute atomic E-state index is 6.36. The van der Waals surface area contributed by atoms with Gasteiger partial charge in [-0.05, 0) is 90.2 Å². The molecule has 1 aliphatic carbocycles. The van der Waals surface area contributed by atoms with E-state index in [-0.39, 0.29) is 0 Å². The molecular formula is C40H31N. The highest BCUT2D eigenvalue weighted by Crippen LogP contribution is 2.42. The minimum absolute atomic E-state index is 0.854. The molecule has 7 rings (SSSR count). The fourth-order valence-electron chi connectivity index (χ4n) is 6.18. The number of hydrogen-bond acceptors (Lipinski definition) is 1. The summed E-state index contributed by atoms with van der Waals surface area (Å²) in [7, 11) is 0. The molecule has 0 bridgehead atoms. The van der Waals surface area contributed by atoms with Crippen molar-refractivity contribution < 1.29 is 0 Å². The van der Waals surface area contributed by atoms with Crippen LogP contribution in [0.5, 0.6) is 0 Å². The van der Waals surface area contributed by atoms with E-state index in [0.29, 0.717) is 0 Å². The van der Waals surface area contributed by atoms with Gasteiger partial charge in [-0.1, -0.05) is 140 Å². The summed E-state index contributed by atoms with van der Waals surface area (Å²) in [4.78, 5) is 0. The second kappa shape index (κ2) is 10.8. The summed E-state index contributed by atoms with van der Waals surface area (Å²) in [6, 6.07) is 41.4. The SMILES string of the molecule is N/C=C(\C=C/CC1=CCc2ccccc2C=C1)c1c2ccccc2c(-c2ccc3ccccc3c2)c2ccccc12. The Morgan fingerprint density at radius 3 is 2.07 bits per heavy atom. The predicted octanol–water partition coefficient (Wildman–Crippen LogP) is 10.3. The van der Waals surface area contributed by atoms with Crippen LogP contribution in [0, 0.1) is 0 Å². The maximum atomic E-state index is 6.36. The molecule has 0 atom stereocenters. The van der Waals surface area contributed by atoms with Gasteiger partial charge in [-0.2, -0.15) is 0 Å². The summed E-state index contributed by atoms with van der Waals surface area (Å²) in [5.74, 6) is 0. The molecule has 0 spiro atoms. The predicted molar refractivity (Wildman–Crippen MR) is 178 cm³/mol. The molecule has 1 nitrogen and oxygen atoms in total. The van der Waals surface area contributed by atoms with E-state index in [9.17, 15) is 0 Å². The molecule has 41 heavy (non-hydrogen) atoms. The second-order valence-electron chi connectivity index (χ2n) is 10.6. The monoisotopic (exact) mass is 525 g/mol. The van der Waals surface area contributed by atoms with E-state index < -0.39 is 0 Å². The summed E-state index contributed by atoms with van der Waals surface area (Å²) in [5, 5.41) is 7.38. The van der Waals surface area contributed by atoms with Crippen molar-refractivity contribution in [2.24, 2.45) is 5.73 Å². The standard InChI is InChI=1S/C40H31N/c41-27-34(15-9-10-28-20-22-29-11-1-2-12-30(29)23-21-28)40-37-18-7-5-16-35(37)39(36-17-6-8-19-38(36)40)33-25-24-31-13-3-4-14-32(31)26-33/h1-9,11-22,24-27H,10,23,41H2/b15-9-,34-27+. The summed E-state index contributed by atoms with van der Waals surface area (Å²) in [5.41, 5.74) is 15.0. The number of hydrogen-bond donors (Lipinski definition) is 1. The zero-order valence-corrected chi connectivity index (χ0v) is 22.9. The molecule has 6 aromatic rings. The Hall–Kier alpha value is -5.14. The van der Waals surface area contributed by atoms with Gasteiger partial charge in [0, 0.05) is 6.20 Å².